The molecule has 0 spiro atoms. The number of rotatable bonds is 6. The number of anilines is 3. The molecular formula is C28H30FN7O2. The third-order valence-corrected chi connectivity index (χ3v) is 7.07. The van der Waals surface area contributed by atoms with Gasteiger partial charge in [-0.25, -0.2) is 14.4 Å². The van der Waals surface area contributed by atoms with E-state index in [9.17, 15) is 9.18 Å². The molecule has 10 heteroatoms. The summed E-state index contributed by atoms with van der Waals surface area (Å²) in [5.41, 5.74) is 6.40. The number of hydrogen-bond donors (Lipinski definition) is 2. The number of hydrogen-bond acceptors (Lipinski definition) is 7. The number of carbonyl (C=O) groups excluding carboxylic acids is 1. The number of benzene rings is 1. The normalized spacial score (nSPS) is 17.2. The lowest BCUT2D eigenvalue weighted by atomic mass is 9.99. The molecule has 1 amide bonds. The minimum absolute atomic E-state index is 0.142. The van der Waals surface area contributed by atoms with Gasteiger partial charge in [-0.2, -0.15) is 0 Å². The van der Waals surface area contributed by atoms with E-state index in [1.807, 2.05) is 36.7 Å². The van der Waals surface area contributed by atoms with Crippen LogP contribution in [0.15, 0.2) is 48.8 Å². The second-order valence-corrected chi connectivity index (χ2v) is 10.1. The summed E-state index contributed by atoms with van der Waals surface area (Å²) in [6.07, 6.45) is 3.36. The Morgan fingerprint density at radius 2 is 2.11 bits per heavy atom. The molecule has 1 aromatic carbocycles. The van der Waals surface area contributed by atoms with Gasteiger partial charge in [-0.3, -0.25) is 9.20 Å². The van der Waals surface area contributed by atoms with Crippen LogP contribution in [0.4, 0.5) is 21.6 Å². The number of ether oxygens (including phenoxy) is 1. The molecular weight excluding hydrogens is 485 g/mol. The summed E-state index contributed by atoms with van der Waals surface area (Å²) in [4.78, 5) is 26.7. The molecule has 4 aromatic rings. The van der Waals surface area contributed by atoms with Gasteiger partial charge < -0.3 is 25.2 Å². The first-order valence-corrected chi connectivity index (χ1v) is 12.7. The maximum atomic E-state index is 13.7. The summed E-state index contributed by atoms with van der Waals surface area (Å²) in [6.45, 7) is 5.45. The number of nitrogens with one attached hydrogen (secondary N) is 2. The smallest absolute Gasteiger partial charge is 0.254 e. The monoisotopic (exact) mass is 515 g/mol. The van der Waals surface area contributed by atoms with Gasteiger partial charge in [0.1, 0.15) is 17.3 Å². The molecule has 1 atom stereocenters. The fourth-order valence-electron chi connectivity index (χ4n) is 5.31. The Balaban J connectivity index is 1.37. The van der Waals surface area contributed by atoms with Crippen LogP contribution in [0.2, 0.25) is 0 Å². The highest BCUT2D eigenvalue weighted by Gasteiger charge is 2.28. The van der Waals surface area contributed by atoms with Gasteiger partial charge in [-0.05, 0) is 50.8 Å². The van der Waals surface area contributed by atoms with Gasteiger partial charge in [0.2, 0.25) is 0 Å². The molecule has 0 unspecified atom stereocenters. The second kappa shape index (κ2) is 9.70. The van der Waals surface area contributed by atoms with E-state index in [4.69, 9.17) is 9.72 Å². The van der Waals surface area contributed by atoms with Crippen LogP contribution in [0.5, 0.6) is 0 Å². The number of aromatic nitrogens is 3. The van der Waals surface area contributed by atoms with Crippen molar-refractivity contribution >= 4 is 28.7 Å². The molecule has 0 aliphatic carbocycles. The summed E-state index contributed by atoms with van der Waals surface area (Å²) in [5.74, 6) is 0.189. The van der Waals surface area contributed by atoms with E-state index >= 15 is 0 Å². The highest BCUT2D eigenvalue weighted by atomic mass is 19.1. The lowest BCUT2D eigenvalue weighted by Gasteiger charge is -2.36. The average molecular weight is 516 g/mol. The summed E-state index contributed by atoms with van der Waals surface area (Å²) < 4.78 is 21.2. The van der Waals surface area contributed by atoms with E-state index in [0.29, 0.717) is 49.0 Å². The molecule has 0 saturated carbocycles. The Bertz CT molecular complexity index is 1530. The van der Waals surface area contributed by atoms with Crippen LogP contribution in [-0.4, -0.2) is 65.1 Å². The number of carbonyl (C=O) groups is 1. The highest BCUT2D eigenvalue weighted by Crippen LogP contribution is 2.36. The van der Waals surface area contributed by atoms with Crippen molar-refractivity contribution in [2.75, 3.05) is 44.1 Å². The number of morpholine rings is 1. The zero-order chi connectivity index (χ0) is 26.4. The molecule has 196 valence electrons. The van der Waals surface area contributed by atoms with Crippen LogP contribution in [0, 0.1) is 5.82 Å². The maximum absolute atomic E-state index is 13.7. The topological polar surface area (TPSA) is 87.0 Å². The quantitative estimate of drug-likeness (QED) is 0.404. The SMILES string of the molecule is C[C@H]1COCCN1c1ccc(Nc2ccc(-c3cnc4cc(F)ccn34)c3c2C(=O)NC3)nc1CN(C)C. The van der Waals surface area contributed by atoms with Gasteiger partial charge >= 0.3 is 0 Å². The zero-order valence-electron chi connectivity index (χ0n) is 21.7. The number of nitrogens with zero attached hydrogens (tertiary/aromatic N) is 5. The summed E-state index contributed by atoms with van der Waals surface area (Å²) in [7, 11) is 4.05. The lowest BCUT2D eigenvalue weighted by Crippen LogP contribution is -2.44. The lowest BCUT2D eigenvalue weighted by molar-refractivity contribution is 0.0966. The van der Waals surface area contributed by atoms with Gasteiger partial charge in [0.15, 0.2) is 0 Å². The Hall–Kier alpha value is -4.02. The van der Waals surface area contributed by atoms with Gasteiger partial charge in [0, 0.05) is 43.5 Å². The molecule has 0 bridgehead atoms. The molecule has 0 radical (unpaired) electrons. The molecule has 38 heavy (non-hydrogen) atoms. The highest BCUT2D eigenvalue weighted by molar-refractivity contribution is 6.06. The van der Waals surface area contributed by atoms with Crippen LogP contribution < -0.4 is 15.5 Å². The van der Waals surface area contributed by atoms with Crippen molar-refractivity contribution in [1.82, 2.24) is 24.6 Å². The van der Waals surface area contributed by atoms with E-state index in [0.717, 1.165) is 34.7 Å². The molecule has 2 N–H and O–H groups in total. The van der Waals surface area contributed by atoms with Crippen LogP contribution in [0.1, 0.15) is 28.5 Å². The van der Waals surface area contributed by atoms with Crippen LogP contribution in [0.3, 0.4) is 0 Å². The fraction of sp³-hybridized carbons (Fsp3) is 0.321. The van der Waals surface area contributed by atoms with Gasteiger partial charge in [0.05, 0.1) is 47.7 Å². The van der Waals surface area contributed by atoms with Crippen LogP contribution in [-0.2, 0) is 17.8 Å². The number of amides is 1. The Morgan fingerprint density at radius 3 is 2.92 bits per heavy atom. The molecule has 3 aromatic heterocycles. The van der Waals surface area contributed by atoms with Crippen molar-refractivity contribution in [1.29, 1.82) is 0 Å². The van der Waals surface area contributed by atoms with Crippen molar-refractivity contribution in [3.8, 4) is 11.3 Å². The largest absolute Gasteiger partial charge is 0.377 e. The average Bonchev–Trinajstić information content (AvgIpc) is 3.48. The molecule has 1 saturated heterocycles. The van der Waals surface area contributed by atoms with Crippen molar-refractivity contribution in [2.24, 2.45) is 0 Å². The molecule has 6 rings (SSSR count). The molecule has 2 aliphatic heterocycles. The van der Waals surface area contributed by atoms with Crippen molar-refractivity contribution in [3.05, 3.63) is 71.4 Å². The van der Waals surface area contributed by atoms with Gasteiger partial charge in [0.25, 0.3) is 5.91 Å². The van der Waals surface area contributed by atoms with E-state index < -0.39 is 0 Å². The van der Waals surface area contributed by atoms with E-state index in [1.54, 1.807) is 12.4 Å². The van der Waals surface area contributed by atoms with Crippen LogP contribution >= 0.6 is 0 Å². The molecule has 2 aliphatic rings. The third-order valence-electron chi connectivity index (χ3n) is 7.07. The van der Waals surface area contributed by atoms with Crippen molar-refractivity contribution in [2.45, 2.75) is 26.1 Å². The zero-order valence-corrected chi connectivity index (χ0v) is 21.7. The van der Waals surface area contributed by atoms with E-state index in [2.05, 4.69) is 38.4 Å². The number of fused-ring (bicyclic) bond motifs is 2. The Labute approximate surface area is 220 Å². The van der Waals surface area contributed by atoms with Crippen molar-refractivity contribution < 1.29 is 13.9 Å². The molecule has 9 nitrogen and oxygen atoms in total. The number of halogens is 1. The van der Waals surface area contributed by atoms with E-state index in [1.165, 1.54) is 12.1 Å². The van der Waals surface area contributed by atoms with E-state index in [-0.39, 0.29) is 17.8 Å². The third kappa shape index (κ3) is 4.35. The summed E-state index contributed by atoms with van der Waals surface area (Å²) >= 11 is 0. The number of pyridine rings is 2. The predicted molar refractivity (Wildman–Crippen MR) is 144 cm³/mol. The fourth-order valence-corrected chi connectivity index (χ4v) is 5.31. The first-order chi connectivity index (χ1) is 18.4. The first kappa shape index (κ1) is 24.3. The first-order valence-electron chi connectivity index (χ1n) is 12.7. The van der Waals surface area contributed by atoms with Crippen LogP contribution in [0.25, 0.3) is 16.9 Å². The second-order valence-electron chi connectivity index (χ2n) is 10.1. The molecule has 1 fully saturated rings. The minimum atomic E-state index is -0.341. The standard InChI is InChI=1S/C28H30FN7O2/c1-17-16-38-11-10-35(17)23-6-7-25(33-22(23)15-34(2)3)32-21-5-4-19(20-13-31-28(37)27(20)21)24-14-30-26-12-18(29)8-9-36(24)26/h4-9,12,14,17H,10-11,13,15-16H2,1-3H3,(H,31,37)(H,32,33)/t17-/m0/s1. The van der Waals surface area contributed by atoms with Gasteiger partial charge in [-0.15, -0.1) is 0 Å². The molecule has 5 heterocycles. The summed E-state index contributed by atoms with van der Waals surface area (Å²) in [6, 6.07) is 11.0. The Morgan fingerprint density at radius 1 is 1.24 bits per heavy atom. The maximum Gasteiger partial charge on any atom is 0.254 e. The van der Waals surface area contributed by atoms with Crippen molar-refractivity contribution in [3.63, 3.8) is 0 Å². The minimum Gasteiger partial charge on any atom is -0.377 e. The number of imidazole rings is 1. The predicted octanol–water partition coefficient (Wildman–Crippen LogP) is 3.81. The summed E-state index contributed by atoms with van der Waals surface area (Å²) in [5, 5.41) is 6.35. The Kier molecular flexibility index (Phi) is 6.21. The van der Waals surface area contributed by atoms with Gasteiger partial charge in [-0.1, -0.05) is 6.07 Å².